The highest BCUT2D eigenvalue weighted by atomic mass is 14.7. The molecule has 0 spiro atoms. The van der Waals surface area contributed by atoms with Gasteiger partial charge in [0, 0.05) is 16.6 Å². The Balaban J connectivity index is 2.69. The number of rotatable bonds is 0. The fourth-order valence-electron chi connectivity index (χ4n) is 1.71. The lowest BCUT2D eigenvalue weighted by Crippen LogP contribution is -2.11. The summed E-state index contributed by atoms with van der Waals surface area (Å²) in [6.45, 7) is 8.83. The summed E-state index contributed by atoms with van der Waals surface area (Å²) in [5.74, 6) is 0. The Kier molecular flexibility index (Phi) is 1.91. The quantitative estimate of drug-likeness (QED) is 0.646. The number of aromatic amines is 1. The first-order chi connectivity index (χ1) is 6.48. The topological polar surface area (TPSA) is 15.8 Å². The van der Waals surface area contributed by atoms with Gasteiger partial charge in [-0.25, -0.2) is 0 Å². The molecule has 0 aliphatic carbocycles. The molecule has 0 atom stereocenters. The maximum atomic E-state index is 3.50. The molecular weight excluding hydrogens is 170 g/mol. The second kappa shape index (κ2) is 2.88. The molecule has 1 N–H and O–H groups in total. The van der Waals surface area contributed by atoms with Crippen molar-refractivity contribution in [1.82, 2.24) is 4.98 Å². The predicted molar refractivity (Wildman–Crippen MR) is 61.7 cm³/mol. The van der Waals surface area contributed by atoms with Crippen molar-refractivity contribution in [1.29, 1.82) is 0 Å². The molecule has 0 aliphatic heterocycles. The summed E-state index contributed by atoms with van der Waals surface area (Å²) in [5.41, 5.74) is 4.10. The number of aryl methyl sites for hydroxylation is 1. The van der Waals surface area contributed by atoms with E-state index in [2.05, 4.69) is 56.9 Å². The molecule has 0 aliphatic rings. The smallest absolute Gasteiger partial charge is 0.0485 e. The fraction of sp³-hybridized carbons (Fsp3) is 0.385. The van der Waals surface area contributed by atoms with Gasteiger partial charge in [0.25, 0.3) is 0 Å². The van der Waals surface area contributed by atoms with Gasteiger partial charge in [0.05, 0.1) is 0 Å². The molecule has 0 saturated heterocycles. The van der Waals surface area contributed by atoms with Gasteiger partial charge in [0.2, 0.25) is 0 Å². The third kappa shape index (κ3) is 1.43. The summed E-state index contributed by atoms with van der Waals surface area (Å²) in [5, 5.41) is 1.31. The summed E-state index contributed by atoms with van der Waals surface area (Å²) in [7, 11) is 0. The van der Waals surface area contributed by atoms with Crippen molar-refractivity contribution in [2.75, 3.05) is 0 Å². The van der Waals surface area contributed by atoms with E-state index < -0.39 is 0 Å². The molecule has 0 unspecified atom stereocenters. The van der Waals surface area contributed by atoms with E-state index in [0.717, 1.165) is 0 Å². The molecule has 0 amide bonds. The van der Waals surface area contributed by atoms with Gasteiger partial charge < -0.3 is 4.98 Å². The zero-order chi connectivity index (χ0) is 10.3. The number of fused-ring (bicyclic) bond motifs is 1. The van der Waals surface area contributed by atoms with Crippen LogP contribution < -0.4 is 0 Å². The van der Waals surface area contributed by atoms with Crippen LogP contribution in [0.3, 0.4) is 0 Å². The molecule has 1 aromatic heterocycles. The summed E-state index contributed by atoms with van der Waals surface area (Å²) in [6.07, 6.45) is 0. The van der Waals surface area contributed by atoms with Gasteiger partial charge in [-0.2, -0.15) is 0 Å². The Morgan fingerprint density at radius 1 is 1.14 bits per heavy atom. The average Bonchev–Trinajstić information content (AvgIpc) is 2.48. The number of para-hydroxylation sites is 1. The SMILES string of the molecule is Cc1cccc2cc(C(C)(C)C)[nH]c12. The molecule has 0 saturated carbocycles. The van der Waals surface area contributed by atoms with Gasteiger partial charge in [-0.05, 0) is 23.9 Å². The minimum absolute atomic E-state index is 0.200. The maximum Gasteiger partial charge on any atom is 0.0485 e. The standard InChI is InChI=1S/C13H17N/c1-9-6-5-7-10-8-11(13(2,3)4)14-12(9)10/h5-8,14H,1-4H3. The van der Waals surface area contributed by atoms with Crippen molar-refractivity contribution in [3.05, 3.63) is 35.5 Å². The highest BCUT2D eigenvalue weighted by Crippen LogP contribution is 2.26. The van der Waals surface area contributed by atoms with Crippen LogP contribution in [0.4, 0.5) is 0 Å². The lowest BCUT2D eigenvalue weighted by Gasteiger charge is -2.15. The largest absolute Gasteiger partial charge is 0.358 e. The molecule has 1 nitrogen and oxygen atoms in total. The number of H-pyrrole nitrogens is 1. The molecular formula is C13H17N. The third-order valence-electron chi connectivity index (χ3n) is 2.67. The van der Waals surface area contributed by atoms with Crippen LogP contribution in [-0.2, 0) is 5.41 Å². The molecule has 74 valence electrons. The highest BCUT2D eigenvalue weighted by molar-refractivity contribution is 5.83. The van der Waals surface area contributed by atoms with E-state index in [4.69, 9.17) is 0 Å². The molecule has 0 radical (unpaired) electrons. The average molecular weight is 187 g/mol. The lowest BCUT2D eigenvalue weighted by atomic mass is 9.92. The number of aromatic nitrogens is 1. The maximum absolute atomic E-state index is 3.50. The van der Waals surface area contributed by atoms with Gasteiger partial charge in [-0.15, -0.1) is 0 Å². The minimum atomic E-state index is 0.200. The molecule has 1 heterocycles. The first-order valence-electron chi connectivity index (χ1n) is 5.07. The van der Waals surface area contributed by atoms with E-state index in [1.54, 1.807) is 0 Å². The summed E-state index contributed by atoms with van der Waals surface area (Å²) >= 11 is 0. The Bertz CT molecular complexity index is 458. The monoisotopic (exact) mass is 187 g/mol. The minimum Gasteiger partial charge on any atom is -0.358 e. The van der Waals surface area contributed by atoms with Crippen molar-refractivity contribution in [2.45, 2.75) is 33.1 Å². The summed E-state index contributed by atoms with van der Waals surface area (Å²) < 4.78 is 0. The second-order valence-electron chi connectivity index (χ2n) is 4.97. The Hall–Kier alpha value is -1.24. The molecule has 0 fully saturated rings. The number of hydrogen-bond acceptors (Lipinski definition) is 0. The van der Waals surface area contributed by atoms with E-state index in [1.165, 1.54) is 22.2 Å². The lowest BCUT2D eigenvalue weighted by molar-refractivity contribution is 0.574. The second-order valence-corrected chi connectivity index (χ2v) is 4.97. The van der Waals surface area contributed by atoms with E-state index in [0.29, 0.717) is 0 Å². The molecule has 2 aromatic rings. The van der Waals surface area contributed by atoms with Crippen LogP contribution in [0.5, 0.6) is 0 Å². The van der Waals surface area contributed by atoms with Crippen LogP contribution in [0.1, 0.15) is 32.0 Å². The van der Waals surface area contributed by atoms with E-state index in [9.17, 15) is 0 Å². The summed E-state index contributed by atoms with van der Waals surface area (Å²) in [4.78, 5) is 3.50. The van der Waals surface area contributed by atoms with Crippen molar-refractivity contribution < 1.29 is 0 Å². The van der Waals surface area contributed by atoms with Crippen LogP contribution in [0, 0.1) is 6.92 Å². The van der Waals surface area contributed by atoms with Gasteiger partial charge in [-0.1, -0.05) is 39.0 Å². The van der Waals surface area contributed by atoms with Crippen LogP contribution in [-0.4, -0.2) is 4.98 Å². The Morgan fingerprint density at radius 2 is 1.86 bits per heavy atom. The van der Waals surface area contributed by atoms with Crippen LogP contribution in [0.25, 0.3) is 10.9 Å². The van der Waals surface area contributed by atoms with Crippen molar-refractivity contribution in [3.8, 4) is 0 Å². The van der Waals surface area contributed by atoms with Gasteiger partial charge >= 0.3 is 0 Å². The van der Waals surface area contributed by atoms with Crippen LogP contribution >= 0.6 is 0 Å². The molecule has 1 aromatic carbocycles. The molecule has 2 rings (SSSR count). The fourth-order valence-corrected chi connectivity index (χ4v) is 1.71. The number of benzene rings is 1. The molecule has 14 heavy (non-hydrogen) atoms. The van der Waals surface area contributed by atoms with E-state index in [1.807, 2.05) is 0 Å². The summed E-state index contributed by atoms with van der Waals surface area (Å²) in [6, 6.07) is 8.67. The highest BCUT2D eigenvalue weighted by Gasteiger charge is 2.16. The van der Waals surface area contributed by atoms with E-state index in [-0.39, 0.29) is 5.41 Å². The van der Waals surface area contributed by atoms with Gasteiger partial charge in [0.1, 0.15) is 0 Å². The first kappa shape index (κ1) is 9.32. The molecule has 0 bridgehead atoms. The number of nitrogens with one attached hydrogen (secondary N) is 1. The van der Waals surface area contributed by atoms with Crippen LogP contribution in [0.2, 0.25) is 0 Å². The Morgan fingerprint density at radius 3 is 2.43 bits per heavy atom. The van der Waals surface area contributed by atoms with E-state index >= 15 is 0 Å². The van der Waals surface area contributed by atoms with Crippen molar-refractivity contribution in [3.63, 3.8) is 0 Å². The molecule has 1 heteroatoms. The Labute approximate surface area is 85.1 Å². The van der Waals surface area contributed by atoms with Crippen molar-refractivity contribution >= 4 is 10.9 Å². The third-order valence-corrected chi connectivity index (χ3v) is 2.67. The number of hydrogen-bond donors (Lipinski definition) is 1. The van der Waals surface area contributed by atoms with Gasteiger partial charge in [-0.3, -0.25) is 0 Å². The normalized spacial score (nSPS) is 12.3. The predicted octanol–water partition coefficient (Wildman–Crippen LogP) is 3.77. The first-order valence-corrected chi connectivity index (χ1v) is 5.07. The van der Waals surface area contributed by atoms with Crippen molar-refractivity contribution in [2.24, 2.45) is 0 Å². The van der Waals surface area contributed by atoms with Crippen LogP contribution in [0.15, 0.2) is 24.3 Å². The zero-order valence-electron chi connectivity index (χ0n) is 9.31. The van der Waals surface area contributed by atoms with Gasteiger partial charge in [0.15, 0.2) is 0 Å². The zero-order valence-corrected chi connectivity index (χ0v) is 9.31.